The molecule has 2 heterocycles. The Kier molecular flexibility index (Phi) is 5.23. The number of carbonyl (C=O) groups excluding carboxylic acids is 1. The van der Waals surface area contributed by atoms with Crippen LogP contribution in [0.1, 0.15) is 38.5 Å². The van der Waals surface area contributed by atoms with Crippen LogP contribution in [0.15, 0.2) is 22.8 Å². The number of rotatable bonds is 2. The van der Waals surface area contributed by atoms with Crippen LogP contribution in [0.3, 0.4) is 0 Å². The molecule has 1 fully saturated rings. The summed E-state index contributed by atoms with van der Waals surface area (Å²) in [5, 5.41) is 0. The maximum absolute atomic E-state index is 12.1. The van der Waals surface area contributed by atoms with Crippen LogP contribution in [-0.2, 0) is 4.79 Å². The number of likely N-dealkylation sites (tertiary alicyclic amines) is 1. The average Bonchev–Trinajstić information content (AvgIpc) is 2.81. The van der Waals surface area contributed by atoms with Gasteiger partial charge in [0, 0.05) is 6.54 Å². The molecule has 18 heavy (non-hydrogen) atoms. The molecule has 1 aromatic heterocycles. The highest BCUT2D eigenvalue weighted by Gasteiger charge is 2.33. The molecule has 1 saturated heterocycles. The third-order valence-electron chi connectivity index (χ3n) is 3.41. The number of piperidine rings is 1. The van der Waals surface area contributed by atoms with Gasteiger partial charge in [0.05, 0.1) is 18.3 Å². The lowest BCUT2D eigenvalue weighted by atomic mass is 9.90. The van der Waals surface area contributed by atoms with Crippen LogP contribution in [0.4, 0.5) is 0 Å². The average molecular weight is 273 g/mol. The maximum Gasteiger partial charge on any atom is 0.239 e. The van der Waals surface area contributed by atoms with Crippen molar-refractivity contribution in [2.45, 2.75) is 38.8 Å². The Morgan fingerprint density at radius 3 is 2.89 bits per heavy atom. The maximum atomic E-state index is 12.1. The van der Waals surface area contributed by atoms with Gasteiger partial charge in [-0.2, -0.15) is 0 Å². The first-order chi connectivity index (χ1) is 8.09. The molecule has 0 radical (unpaired) electrons. The summed E-state index contributed by atoms with van der Waals surface area (Å²) in [6.45, 7) is 4.72. The van der Waals surface area contributed by atoms with Gasteiger partial charge in [0.25, 0.3) is 0 Å². The van der Waals surface area contributed by atoms with Gasteiger partial charge >= 0.3 is 0 Å². The van der Waals surface area contributed by atoms with Crippen molar-refractivity contribution < 1.29 is 9.21 Å². The molecule has 0 bridgehead atoms. The van der Waals surface area contributed by atoms with Gasteiger partial charge in [-0.1, -0.05) is 6.92 Å². The van der Waals surface area contributed by atoms with Crippen molar-refractivity contribution in [3.63, 3.8) is 0 Å². The predicted molar refractivity (Wildman–Crippen MR) is 72.5 cm³/mol. The zero-order valence-corrected chi connectivity index (χ0v) is 11.7. The van der Waals surface area contributed by atoms with Crippen LogP contribution >= 0.6 is 12.4 Å². The molecule has 0 saturated carbocycles. The summed E-state index contributed by atoms with van der Waals surface area (Å²) >= 11 is 0. The Balaban J connectivity index is 0.00000162. The van der Waals surface area contributed by atoms with Crippen LogP contribution in [-0.4, -0.2) is 23.4 Å². The smallest absolute Gasteiger partial charge is 0.239 e. The summed E-state index contributed by atoms with van der Waals surface area (Å²) in [7, 11) is 0. The summed E-state index contributed by atoms with van der Waals surface area (Å²) in [6, 6.07) is 3.40. The largest absolute Gasteiger partial charge is 0.467 e. The lowest BCUT2D eigenvalue weighted by Crippen LogP contribution is -2.47. The molecular weight excluding hydrogens is 252 g/mol. The first-order valence-corrected chi connectivity index (χ1v) is 6.19. The minimum atomic E-state index is -0.444. The molecule has 1 aliphatic heterocycles. The zero-order chi connectivity index (χ0) is 12.4. The molecule has 1 aromatic rings. The van der Waals surface area contributed by atoms with Crippen LogP contribution in [0.5, 0.6) is 0 Å². The Morgan fingerprint density at radius 1 is 1.61 bits per heavy atom. The van der Waals surface area contributed by atoms with Gasteiger partial charge in [0.2, 0.25) is 5.91 Å². The third kappa shape index (κ3) is 3.06. The zero-order valence-electron chi connectivity index (χ0n) is 10.8. The van der Waals surface area contributed by atoms with E-state index >= 15 is 0 Å². The number of nitrogens with zero attached hydrogens (tertiary/aromatic N) is 1. The van der Waals surface area contributed by atoms with Crippen LogP contribution in [0, 0.1) is 5.92 Å². The highest BCUT2D eigenvalue weighted by molar-refractivity contribution is 5.85. The second-order valence-electron chi connectivity index (χ2n) is 4.98. The lowest BCUT2D eigenvalue weighted by Gasteiger charge is -2.38. The molecule has 2 rings (SSSR count). The SMILES string of the molecule is CC1CCN(C(=O)C(C)N)C(c2ccco2)C1.Cl. The number of halogens is 1. The predicted octanol–water partition coefficient (Wildman–Crippen LogP) is 2.35. The van der Waals surface area contributed by atoms with E-state index in [0.29, 0.717) is 5.92 Å². The van der Waals surface area contributed by atoms with Crippen molar-refractivity contribution in [2.24, 2.45) is 11.7 Å². The van der Waals surface area contributed by atoms with E-state index in [0.717, 1.165) is 25.1 Å². The summed E-state index contributed by atoms with van der Waals surface area (Å²) < 4.78 is 5.45. The van der Waals surface area contributed by atoms with Crippen LogP contribution in [0.25, 0.3) is 0 Å². The molecule has 3 unspecified atom stereocenters. The highest BCUT2D eigenvalue weighted by atomic mass is 35.5. The van der Waals surface area contributed by atoms with Crippen molar-refractivity contribution in [3.8, 4) is 0 Å². The van der Waals surface area contributed by atoms with Gasteiger partial charge in [-0.05, 0) is 37.8 Å². The molecule has 1 amide bonds. The van der Waals surface area contributed by atoms with E-state index in [-0.39, 0.29) is 24.4 Å². The quantitative estimate of drug-likeness (QED) is 0.899. The fourth-order valence-electron chi connectivity index (χ4n) is 2.42. The van der Waals surface area contributed by atoms with Crippen LogP contribution < -0.4 is 5.73 Å². The van der Waals surface area contributed by atoms with E-state index in [1.165, 1.54) is 0 Å². The summed E-state index contributed by atoms with van der Waals surface area (Å²) in [5.74, 6) is 1.49. The van der Waals surface area contributed by atoms with Crippen molar-refractivity contribution in [3.05, 3.63) is 24.2 Å². The van der Waals surface area contributed by atoms with E-state index in [2.05, 4.69) is 6.92 Å². The van der Waals surface area contributed by atoms with E-state index in [1.54, 1.807) is 13.2 Å². The molecule has 2 N–H and O–H groups in total. The number of hydrogen-bond donors (Lipinski definition) is 1. The Hall–Kier alpha value is -1.00. The van der Waals surface area contributed by atoms with E-state index in [9.17, 15) is 4.79 Å². The fraction of sp³-hybridized carbons (Fsp3) is 0.615. The Bertz CT molecular complexity index is 378. The standard InChI is InChI=1S/C13H20N2O2.ClH/c1-9-5-6-15(13(16)10(2)14)11(8-9)12-4-3-7-17-12;/h3-4,7,9-11H,5-6,8,14H2,1-2H3;1H. The van der Waals surface area contributed by atoms with Gasteiger partial charge in [-0.25, -0.2) is 0 Å². The summed E-state index contributed by atoms with van der Waals surface area (Å²) in [4.78, 5) is 13.9. The van der Waals surface area contributed by atoms with Gasteiger partial charge in [0.15, 0.2) is 0 Å². The summed E-state index contributed by atoms with van der Waals surface area (Å²) in [5.41, 5.74) is 5.70. The molecule has 4 nitrogen and oxygen atoms in total. The highest BCUT2D eigenvalue weighted by Crippen LogP contribution is 2.34. The Morgan fingerprint density at radius 2 is 2.33 bits per heavy atom. The molecule has 0 spiro atoms. The van der Waals surface area contributed by atoms with Gasteiger partial charge in [-0.15, -0.1) is 12.4 Å². The number of hydrogen-bond acceptors (Lipinski definition) is 3. The fourth-order valence-corrected chi connectivity index (χ4v) is 2.42. The normalized spacial score (nSPS) is 25.4. The molecule has 5 heteroatoms. The van der Waals surface area contributed by atoms with Crippen LogP contribution in [0.2, 0.25) is 0 Å². The van der Waals surface area contributed by atoms with Gasteiger partial charge in [-0.3, -0.25) is 4.79 Å². The lowest BCUT2D eigenvalue weighted by molar-refractivity contribution is -0.137. The molecular formula is C13H21ClN2O2. The first-order valence-electron chi connectivity index (χ1n) is 6.19. The number of furan rings is 1. The number of carbonyl (C=O) groups is 1. The molecule has 3 atom stereocenters. The number of nitrogens with two attached hydrogens (primary N) is 1. The van der Waals surface area contributed by atoms with Crippen molar-refractivity contribution >= 4 is 18.3 Å². The third-order valence-corrected chi connectivity index (χ3v) is 3.41. The molecule has 1 aliphatic rings. The van der Waals surface area contributed by atoms with Gasteiger partial charge < -0.3 is 15.1 Å². The van der Waals surface area contributed by atoms with Crippen molar-refractivity contribution in [1.29, 1.82) is 0 Å². The van der Waals surface area contributed by atoms with Crippen molar-refractivity contribution in [2.75, 3.05) is 6.54 Å². The summed E-state index contributed by atoms with van der Waals surface area (Å²) in [6.07, 6.45) is 3.64. The second kappa shape index (κ2) is 6.25. The van der Waals surface area contributed by atoms with E-state index < -0.39 is 6.04 Å². The minimum Gasteiger partial charge on any atom is -0.467 e. The molecule has 102 valence electrons. The van der Waals surface area contributed by atoms with Crippen molar-refractivity contribution in [1.82, 2.24) is 4.90 Å². The molecule has 0 aliphatic carbocycles. The van der Waals surface area contributed by atoms with E-state index in [1.807, 2.05) is 17.0 Å². The molecule has 0 aromatic carbocycles. The number of amides is 1. The first kappa shape index (κ1) is 15.1. The topological polar surface area (TPSA) is 59.5 Å². The second-order valence-corrected chi connectivity index (χ2v) is 4.98. The minimum absolute atomic E-state index is 0. The van der Waals surface area contributed by atoms with E-state index in [4.69, 9.17) is 10.2 Å². The Labute approximate surface area is 114 Å². The monoisotopic (exact) mass is 272 g/mol. The van der Waals surface area contributed by atoms with Gasteiger partial charge in [0.1, 0.15) is 5.76 Å².